The van der Waals surface area contributed by atoms with Gasteiger partial charge in [0, 0.05) is 58.3 Å². The van der Waals surface area contributed by atoms with Gasteiger partial charge in [0.05, 0.1) is 12.2 Å². The molecule has 1 aliphatic rings. The molecule has 6 nitrogen and oxygen atoms in total. The monoisotopic (exact) mass is 389 g/mol. The molecule has 28 heavy (non-hydrogen) atoms. The first kappa shape index (κ1) is 22.4. The van der Waals surface area contributed by atoms with Crippen LogP contribution in [0.5, 0.6) is 0 Å². The van der Waals surface area contributed by atoms with Crippen LogP contribution < -0.4 is 0 Å². The first-order valence-electron chi connectivity index (χ1n) is 10.1. The normalized spacial score (nSPS) is 20.2. The molecule has 0 spiro atoms. The summed E-state index contributed by atoms with van der Waals surface area (Å²) in [6, 6.07) is 7.55. The molecular weight excluding hydrogens is 354 g/mol. The Labute approximate surface area is 169 Å². The SMILES string of the molecule is CC(C)C(=O)N(C)Cc1ccc(C(=O)N(C)CCN2C[C@@H](C)O[C@@H](C)C2)cc1. The van der Waals surface area contributed by atoms with Crippen LogP contribution in [0, 0.1) is 5.92 Å². The van der Waals surface area contributed by atoms with Gasteiger partial charge < -0.3 is 14.5 Å². The topological polar surface area (TPSA) is 53.1 Å². The summed E-state index contributed by atoms with van der Waals surface area (Å²) in [6.07, 6.45) is 0.469. The highest BCUT2D eigenvalue weighted by molar-refractivity contribution is 5.94. The van der Waals surface area contributed by atoms with Gasteiger partial charge in [-0.05, 0) is 31.5 Å². The summed E-state index contributed by atoms with van der Waals surface area (Å²) < 4.78 is 5.76. The second-order valence-electron chi connectivity index (χ2n) is 8.29. The number of carbonyl (C=O) groups is 2. The Kier molecular flexibility index (Phi) is 8.01. The van der Waals surface area contributed by atoms with Crippen molar-refractivity contribution in [3.05, 3.63) is 35.4 Å². The van der Waals surface area contributed by atoms with Crippen LogP contribution >= 0.6 is 0 Å². The highest BCUT2D eigenvalue weighted by Crippen LogP contribution is 2.12. The maximum atomic E-state index is 12.7. The summed E-state index contributed by atoms with van der Waals surface area (Å²) in [6.45, 7) is 11.9. The van der Waals surface area contributed by atoms with Crippen molar-refractivity contribution in [3.8, 4) is 0 Å². The first-order valence-corrected chi connectivity index (χ1v) is 10.1. The van der Waals surface area contributed by atoms with E-state index in [2.05, 4.69) is 18.7 Å². The van der Waals surface area contributed by atoms with Crippen LogP contribution in [0.3, 0.4) is 0 Å². The minimum absolute atomic E-state index is 0.0167. The molecule has 2 atom stereocenters. The molecule has 0 radical (unpaired) electrons. The number of ether oxygens (including phenoxy) is 1. The van der Waals surface area contributed by atoms with Gasteiger partial charge in [0.25, 0.3) is 5.91 Å². The number of hydrogen-bond acceptors (Lipinski definition) is 4. The molecule has 156 valence electrons. The van der Waals surface area contributed by atoms with Crippen LogP contribution in [-0.2, 0) is 16.1 Å². The highest BCUT2D eigenvalue weighted by Gasteiger charge is 2.22. The molecule has 1 heterocycles. The molecule has 0 bridgehead atoms. The van der Waals surface area contributed by atoms with Crippen molar-refractivity contribution in [2.45, 2.75) is 46.4 Å². The number of carbonyl (C=O) groups excluding carboxylic acids is 2. The molecule has 0 unspecified atom stereocenters. The lowest BCUT2D eigenvalue weighted by molar-refractivity contribution is -0.133. The fraction of sp³-hybridized carbons (Fsp3) is 0.636. The molecule has 2 amide bonds. The van der Waals surface area contributed by atoms with E-state index in [1.165, 1.54) is 0 Å². The van der Waals surface area contributed by atoms with Crippen molar-refractivity contribution >= 4 is 11.8 Å². The van der Waals surface area contributed by atoms with E-state index in [9.17, 15) is 9.59 Å². The Balaban J connectivity index is 1.86. The van der Waals surface area contributed by atoms with E-state index in [0.717, 1.165) is 25.2 Å². The predicted octanol–water partition coefficient (Wildman–Crippen LogP) is 2.48. The molecule has 1 aromatic rings. The number of benzene rings is 1. The standard InChI is InChI=1S/C22H35N3O3/c1-16(2)21(26)24(6)15-19-7-9-20(10-8-19)22(27)23(5)11-12-25-13-17(3)28-18(4)14-25/h7-10,16-18H,11-15H2,1-6H3/t17-,18+. The van der Waals surface area contributed by atoms with Gasteiger partial charge in [0.15, 0.2) is 0 Å². The van der Waals surface area contributed by atoms with Crippen molar-refractivity contribution < 1.29 is 14.3 Å². The third kappa shape index (κ3) is 6.31. The van der Waals surface area contributed by atoms with Gasteiger partial charge in [0.2, 0.25) is 5.91 Å². The molecule has 0 aromatic heterocycles. The molecule has 1 fully saturated rings. The minimum Gasteiger partial charge on any atom is -0.373 e. The zero-order valence-corrected chi connectivity index (χ0v) is 18.1. The van der Waals surface area contributed by atoms with E-state index >= 15 is 0 Å². The number of nitrogens with zero attached hydrogens (tertiary/aromatic N) is 3. The molecule has 1 aromatic carbocycles. The first-order chi connectivity index (χ1) is 13.2. The lowest BCUT2D eigenvalue weighted by Crippen LogP contribution is -2.48. The Morgan fingerprint density at radius 2 is 1.64 bits per heavy atom. The maximum absolute atomic E-state index is 12.7. The van der Waals surface area contributed by atoms with Crippen LogP contribution in [0.2, 0.25) is 0 Å². The third-order valence-electron chi connectivity index (χ3n) is 5.08. The van der Waals surface area contributed by atoms with Crippen molar-refractivity contribution in [2.75, 3.05) is 40.3 Å². The fourth-order valence-corrected chi connectivity index (χ4v) is 3.63. The van der Waals surface area contributed by atoms with Crippen molar-refractivity contribution in [3.63, 3.8) is 0 Å². The summed E-state index contributed by atoms with van der Waals surface area (Å²) >= 11 is 0. The number of morpholine rings is 1. The third-order valence-corrected chi connectivity index (χ3v) is 5.08. The lowest BCUT2D eigenvalue weighted by Gasteiger charge is -2.36. The van der Waals surface area contributed by atoms with E-state index in [0.29, 0.717) is 18.7 Å². The zero-order chi connectivity index (χ0) is 20.8. The number of likely N-dealkylation sites (N-methyl/N-ethyl adjacent to an activating group) is 1. The van der Waals surface area contributed by atoms with Gasteiger partial charge in [0.1, 0.15) is 0 Å². The average Bonchev–Trinajstić information content (AvgIpc) is 2.64. The molecule has 2 rings (SSSR count). The van der Waals surface area contributed by atoms with Gasteiger partial charge in [-0.1, -0.05) is 26.0 Å². The fourth-order valence-electron chi connectivity index (χ4n) is 3.63. The van der Waals surface area contributed by atoms with E-state index in [-0.39, 0.29) is 29.9 Å². The molecule has 0 N–H and O–H groups in total. The smallest absolute Gasteiger partial charge is 0.253 e. The summed E-state index contributed by atoms with van der Waals surface area (Å²) in [5.74, 6) is 0.121. The van der Waals surface area contributed by atoms with Crippen molar-refractivity contribution in [1.82, 2.24) is 14.7 Å². The molecule has 0 aliphatic carbocycles. The number of rotatable bonds is 7. The lowest BCUT2D eigenvalue weighted by atomic mass is 10.1. The maximum Gasteiger partial charge on any atom is 0.253 e. The predicted molar refractivity (Wildman–Crippen MR) is 111 cm³/mol. The Bertz CT molecular complexity index is 649. The molecular formula is C22H35N3O3. The Morgan fingerprint density at radius 3 is 2.18 bits per heavy atom. The molecule has 6 heteroatoms. The molecule has 0 saturated carbocycles. The quantitative estimate of drug-likeness (QED) is 0.719. The average molecular weight is 390 g/mol. The zero-order valence-electron chi connectivity index (χ0n) is 18.1. The summed E-state index contributed by atoms with van der Waals surface area (Å²) in [4.78, 5) is 30.5. The molecule has 1 saturated heterocycles. The minimum atomic E-state index is -0.0167. The van der Waals surface area contributed by atoms with E-state index in [1.807, 2.05) is 52.2 Å². The van der Waals surface area contributed by atoms with Gasteiger partial charge in [-0.25, -0.2) is 0 Å². The van der Waals surface area contributed by atoms with Crippen LogP contribution in [0.25, 0.3) is 0 Å². The highest BCUT2D eigenvalue weighted by atomic mass is 16.5. The van der Waals surface area contributed by atoms with Gasteiger partial charge in [-0.3, -0.25) is 14.5 Å². The van der Waals surface area contributed by atoms with Gasteiger partial charge >= 0.3 is 0 Å². The number of amides is 2. The Morgan fingerprint density at radius 1 is 1.07 bits per heavy atom. The second-order valence-corrected chi connectivity index (χ2v) is 8.29. The van der Waals surface area contributed by atoms with Crippen LogP contribution in [0.4, 0.5) is 0 Å². The summed E-state index contributed by atoms with van der Waals surface area (Å²) in [7, 11) is 3.65. The van der Waals surface area contributed by atoms with Crippen LogP contribution in [0.15, 0.2) is 24.3 Å². The number of hydrogen-bond donors (Lipinski definition) is 0. The van der Waals surface area contributed by atoms with Gasteiger partial charge in [-0.15, -0.1) is 0 Å². The summed E-state index contributed by atoms with van der Waals surface area (Å²) in [5.41, 5.74) is 1.69. The Hall–Kier alpha value is -1.92. The largest absolute Gasteiger partial charge is 0.373 e. The van der Waals surface area contributed by atoms with Crippen LogP contribution in [0.1, 0.15) is 43.6 Å². The van der Waals surface area contributed by atoms with Crippen LogP contribution in [-0.4, -0.2) is 79.0 Å². The van der Waals surface area contributed by atoms with E-state index in [4.69, 9.17) is 4.74 Å². The van der Waals surface area contributed by atoms with Crippen molar-refractivity contribution in [2.24, 2.45) is 5.92 Å². The van der Waals surface area contributed by atoms with Crippen molar-refractivity contribution in [1.29, 1.82) is 0 Å². The van der Waals surface area contributed by atoms with E-state index in [1.54, 1.807) is 9.80 Å². The van der Waals surface area contributed by atoms with Gasteiger partial charge in [-0.2, -0.15) is 0 Å². The second kappa shape index (κ2) is 10.0. The molecule has 1 aliphatic heterocycles. The summed E-state index contributed by atoms with van der Waals surface area (Å²) in [5, 5.41) is 0. The van der Waals surface area contributed by atoms with E-state index < -0.39 is 0 Å².